The molecule has 0 atom stereocenters. The lowest BCUT2D eigenvalue weighted by Crippen LogP contribution is -2.18. The van der Waals surface area contributed by atoms with Crippen LogP contribution in [0.2, 0.25) is 0 Å². The summed E-state index contributed by atoms with van der Waals surface area (Å²) in [5.74, 6) is 0.697. The summed E-state index contributed by atoms with van der Waals surface area (Å²) in [6, 6.07) is 15.5. The lowest BCUT2D eigenvalue weighted by molar-refractivity contribution is 0.552. The van der Waals surface area contributed by atoms with Gasteiger partial charge in [0.05, 0.1) is 0 Å². The summed E-state index contributed by atoms with van der Waals surface area (Å²) < 4.78 is 0. The van der Waals surface area contributed by atoms with Gasteiger partial charge in [-0.2, -0.15) is 0 Å². The second-order valence-electron chi connectivity index (χ2n) is 6.04. The smallest absolute Gasteiger partial charge is 0.0205 e. The maximum atomic E-state index is 3.50. The van der Waals surface area contributed by atoms with E-state index in [9.17, 15) is 0 Å². The van der Waals surface area contributed by atoms with Crippen molar-refractivity contribution in [3.05, 3.63) is 59.2 Å². The molecule has 0 spiro atoms. The van der Waals surface area contributed by atoms with Gasteiger partial charge in [-0.1, -0.05) is 55.4 Å². The normalized spacial score (nSPS) is 11.1. The first-order valence-corrected chi connectivity index (χ1v) is 8.41. The van der Waals surface area contributed by atoms with E-state index in [1.54, 1.807) is 0 Å². The van der Waals surface area contributed by atoms with Gasteiger partial charge in [-0.15, -0.1) is 0 Å². The lowest BCUT2D eigenvalue weighted by atomic mass is 10.1. The van der Waals surface area contributed by atoms with Crippen molar-refractivity contribution in [1.29, 1.82) is 0 Å². The average molecular weight is 299 g/mol. The van der Waals surface area contributed by atoms with Gasteiger partial charge in [0.15, 0.2) is 0 Å². The molecule has 0 fully saturated rings. The van der Waals surface area contributed by atoms with Gasteiger partial charge in [0.25, 0.3) is 0 Å². The quantitative estimate of drug-likeness (QED) is 0.786. The van der Waals surface area contributed by atoms with Crippen LogP contribution in [0.15, 0.2) is 52.3 Å². The summed E-state index contributed by atoms with van der Waals surface area (Å²) in [7, 11) is 0. The molecular weight excluding hydrogens is 274 g/mol. The van der Waals surface area contributed by atoms with Crippen LogP contribution in [-0.2, 0) is 6.54 Å². The summed E-state index contributed by atoms with van der Waals surface area (Å²) in [5, 5.41) is 3.50. The van der Waals surface area contributed by atoms with E-state index >= 15 is 0 Å². The van der Waals surface area contributed by atoms with Gasteiger partial charge < -0.3 is 5.32 Å². The summed E-state index contributed by atoms with van der Waals surface area (Å²) in [6.45, 7) is 10.8. The van der Waals surface area contributed by atoms with Crippen molar-refractivity contribution in [2.75, 3.05) is 6.54 Å². The predicted molar refractivity (Wildman–Crippen MR) is 93.0 cm³/mol. The molecule has 0 unspecified atom stereocenters. The third-order valence-corrected chi connectivity index (χ3v) is 4.56. The van der Waals surface area contributed by atoms with E-state index in [1.165, 1.54) is 26.5 Å². The Labute approximate surface area is 133 Å². The molecular formula is C19H25NS. The van der Waals surface area contributed by atoms with E-state index in [1.807, 2.05) is 11.8 Å². The molecule has 0 aromatic heterocycles. The monoisotopic (exact) mass is 299 g/mol. The maximum absolute atomic E-state index is 3.50. The number of rotatable bonds is 6. The number of hydrogen-bond donors (Lipinski definition) is 1. The number of nitrogens with one attached hydrogen (secondary N) is 1. The third-order valence-electron chi connectivity index (χ3n) is 3.37. The van der Waals surface area contributed by atoms with Gasteiger partial charge >= 0.3 is 0 Å². The summed E-state index contributed by atoms with van der Waals surface area (Å²) in [6.07, 6.45) is 0. The maximum Gasteiger partial charge on any atom is 0.0205 e. The van der Waals surface area contributed by atoms with Gasteiger partial charge in [-0.3, -0.25) is 0 Å². The highest BCUT2D eigenvalue weighted by molar-refractivity contribution is 7.99. The molecule has 112 valence electrons. The molecule has 0 radical (unpaired) electrons. The van der Waals surface area contributed by atoms with Gasteiger partial charge in [-0.05, 0) is 55.6 Å². The fourth-order valence-electron chi connectivity index (χ4n) is 2.17. The topological polar surface area (TPSA) is 12.0 Å². The van der Waals surface area contributed by atoms with E-state index in [4.69, 9.17) is 0 Å². The molecule has 0 heterocycles. The number of hydrogen-bond acceptors (Lipinski definition) is 2. The average Bonchev–Trinajstić information content (AvgIpc) is 2.44. The summed E-state index contributed by atoms with van der Waals surface area (Å²) in [5.41, 5.74) is 4.02. The van der Waals surface area contributed by atoms with Crippen molar-refractivity contribution < 1.29 is 0 Å². The molecule has 0 amide bonds. The van der Waals surface area contributed by atoms with Crippen LogP contribution in [0.4, 0.5) is 0 Å². The van der Waals surface area contributed by atoms with Crippen LogP contribution in [0.5, 0.6) is 0 Å². The molecule has 0 aliphatic heterocycles. The van der Waals surface area contributed by atoms with Crippen LogP contribution >= 0.6 is 11.8 Å². The molecule has 1 nitrogen and oxygen atoms in total. The van der Waals surface area contributed by atoms with E-state index in [0.29, 0.717) is 5.92 Å². The first kappa shape index (κ1) is 16.1. The van der Waals surface area contributed by atoms with Crippen molar-refractivity contribution in [1.82, 2.24) is 5.32 Å². The van der Waals surface area contributed by atoms with Crippen LogP contribution in [0.3, 0.4) is 0 Å². The van der Waals surface area contributed by atoms with Crippen LogP contribution in [0, 0.1) is 19.8 Å². The van der Waals surface area contributed by atoms with Crippen molar-refractivity contribution in [3.8, 4) is 0 Å². The first-order valence-electron chi connectivity index (χ1n) is 7.59. The fraction of sp³-hybridized carbons (Fsp3) is 0.368. The van der Waals surface area contributed by atoms with Crippen LogP contribution in [-0.4, -0.2) is 6.54 Å². The Morgan fingerprint density at radius 2 is 1.71 bits per heavy atom. The second kappa shape index (κ2) is 7.67. The Morgan fingerprint density at radius 3 is 2.33 bits per heavy atom. The highest BCUT2D eigenvalue weighted by Gasteiger charge is 2.03. The Balaban J connectivity index is 2.00. The Kier molecular flexibility index (Phi) is 5.89. The summed E-state index contributed by atoms with van der Waals surface area (Å²) in [4.78, 5) is 2.64. The minimum absolute atomic E-state index is 0.697. The van der Waals surface area contributed by atoms with Crippen LogP contribution in [0.25, 0.3) is 0 Å². The van der Waals surface area contributed by atoms with Gasteiger partial charge in [0, 0.05) is 16.3 Å². The highest BCUT2D eigenvalue weighted by atomic mass is 32.2. The van der Waals surface area contributed by atoms with E-state index in [-0.39, 0.29) is 0 Å². The lowest BCUT2D eigenvalue weighted by Gasteiger charge is -2.11. The van der Waals surface area contributed by atoms with Crippen LogP contribution < -0.4 is 5.32 Å². The minimum Gasteiger partial charge on any atom is -0.312 e. The molecule has 0 aliphatic rings. The number of benzene rings is 2. The standard InChI is InChI=1S/C19H25NS/c1-14(2)12-20-13-17-7-10-19(16(4)11-17)21-18-8-5-15(3)6-9-18/h5-11,14,20H,12-13H2,1-4H3. The van der Waals surface area contributed by atoms with Crippen molar-refractivity contribution in [2.24, 2.45) is 5.92 Å². The molecule has 2 heteroatoms. The molecule has 2 rings (SSSR count). The zero-order chi connectivity index (χ0) is 15.2. The summed E-state index contributed by atoms with van der Waals surface area (Å²) >= 11 is 1.84. The Morgan fingerprint density at radius 1 is 1.00 bits per heavy atom. The van der Waals surface area contributed by atoms with Gasteiger partial charge in [-0.25, -0.2) is 0 Å². The van der Waals surface area contributed by atoms with Crippen LogP contribution in [0.1, 0.15) is 30.5 Å². The molecule has 1 N–H and O–H groups in total. The van der Waals surface area contributed by atoms with Crippen molar-refractivity contribution in [2.45, 2.75) is 44.0 Å². The molecule has 0 saturated carbocycles. The highest BCUT2D eigenvalue weighted by Crippen LogP contribution is 2.30. The van der Waals surface area contributed by atoms with Gasteiger partial charge in [0.1, 0.15) is 0 Å². The first-order chi connectivity index (χ1) is 10.0. The Bertz CT molecular complexity index is 573. The molecule has 0 bridgehead atoms. The van der Waals surface area contributed by atoms with Gasteiger partial charge in [0.2, 0.25) is 0 Å². The van der Waals surface area contributed by atoms with E-state index < -0.39 is 0 Å². The molecule has 2 aromatic carbocycles. The minimum atomic E-state index is 0.697. The molecule has 2 aromatic rings. The van der Waals surface area contributed by atoms with Crippen molar-refractivity contribution >= 4 is 11.8 Å². The second-order valence-corrected chi connectivity index (χ2v) is 7.16. The van der Waals surface area contributed by atoms with E-state index in [2.05, 4.69) is 75.5 Å². The molecule has 0 aliphatic carbocycles. The Hall–Kier alpha value is -1.25. The zero-order valence-corrected chi connectivity index (χ0v) is 14.3. The fourth-order valence-corrected chi connectivity index (χ4v) is 3.06. The van der Waals surface area contributed by atoms with Crippen molar-refractivity contribution in [3.63, 3.8) is 0 Å². The molecule has 0 saturated heterocycles. The predicted octanol–water partition coefficient (Wildman–Crippen LogP) is 5.20. The molecule has 21 heavy (non-hydrogen) atoms. The largest absolute Gasteiger partial charge is 0.312 e. The third kappa shape index (κ3) is 5.22. The number of aryl methyl sites for hydroxylation is 2. The SMILES string of the molecule is Cc1ccc(Sc2ccc(CNCC(C)C)cc2C)cc1. The zero-order valence-electron chi connectivity index (χ0n) is 13.4. The van der Waals surface area contributed by atoms with E-state index in [0.717, 1.165) is 13.1 Å².